The van der Waals surface area contributed by atoms with E-state index in [4.69, 9.17) is 32.1 Å². The van der Waals surface area contributed by atoms with Crippen LogP contribution in [0.3, 0.4) is 0 Å². The normalized spacial score (nSPS) is 10.9. The average molecular weight is 445 g/mol. The lowest BCUT2D eigenvalue weighted by Gasteiger charge is -2.22. The van der Waals surface area contributed by atoms with Gasteiger partial charge in [-0.05, 0) is 37.1 Å². The smallest absolute Gasteiger partial charge is 0.307 e. The molecule has 0 saturated carbocycles. The summed E-state index contributed by atoms with van der Waals surface area (Å²) in [6.07, 6.45) is 9.10. The lowest BCUT2D eigenvalue weighted by Crippen LogP contribution is -2.40. The second kappa shape index (κ2) is 13.1. The van der Waals surface area contributed by atoms with Gasteiger partial charge in [0, 0.05) is 30.6 Å². The first-order chi connectivity index (χ1) is 15.0. The van der Waals surface area contributed by atoms with Crippen molar-refractivity contribution in [2.24, 2.45) is 10.7 Å². The van der Waals surface area contributed by atoms with Crippen LogP contribution in [0, 0.1) is 11.5 Å². The number of hydrogen-bond donors (Lipinski definition) is 1. The highest BCUT2D eigenvalue weighted by atomic mass is 35.5. The number of halogens is 1. The van der Waals surface area contributed by atoms with E-state index in [1.54, 1.807) is 40.2 Å². The third-order valence-corrected chi connectivity index (χ3v) is 4.65. The summed E-state index contributed by atoms with van der Waals surface area (Å²) in [5.74, 6) is 0.611. The number of benzene rings is 1. The molecule has 0 amide bonds. The molecule has 0 atom stereocenters. The van der Waals surface area contributed by atoms with Crippen molar-refractivity contribution in [3.63, 3.8) is 0 Å². The van der Waals surface area contributed by atoms with Crippen LogP contribution < -0.4 is 19.9 Å². The molecule has 2 N–H and O–H groups in total. The summed E-state index contributed by atoms with van der Waals surface area (Å²) >= 11 is 5.86. The minimum Gasteiger partial charge on any atom is -0.494 e. The minimum atomic E-state index is -0.345. The zero-order valence-corrected chi connectivity index (χ0v) is 18.3. The van der Waals surface area contributed by atoms with Crippen molar-refractivity contribution in [2.75, 3.05) is 18.1 Å². The number of ether oxygens (including phenoxy) is 2. The lowest BCUT2D eigenvalue weighted by atomic mass is 10.2. The van der Waals surface area contributed by atoms with Gasteiger partial charge in [-0.25, -0.2) is 0 Å². The SMILES string of the molecule is CC(=O)OC[n+]1ccc(N(CCCCCCOc2ccc(Cl)cc2)C(N)=NC#N)cc1. The van der Waals surface area contributed by atoms with E-state index in [1.165, 1.54) is 6.92 Å². The fourth-order valence-corrected chi connectivity index (χ4v) is 2.94. The molecule has 1 aromatic carbocycles. The molecular weight excluding hydrogens is 418 g/mol. The number of esters is 1. The first-order valence-electron chi connectivity index (χ1n) is 10.00. The zero-order chi connectivity index (χ0) is 22.5. The van der Waals surface area contributed by atoms with Crippen LogP contribution in [0.15, 0.2) is 53.8 Å². The Bertz CT molecular complexity index is 895. The Morgan fingerprint density at radius 1 is 1.16 bits per heavy atom. The van der Waals surface area contributed by atoms with Crippen LogP contribution in [0.25, 0.3) is 0 Å². The van der Waals surface area contributed by atoms with Crippen LogP contribution in [0.4, 0.5) is 5.69 Å². The third kappa shape index (κ3) is 8.93. The number of nitriles is 1. The molecule has 0 aliphatic carbocycles. The number of nitrogens with zero attached hydrogens (tertiary/aromatic N) is 4. The number of hydrogen-bond acceptors (Lipinski definition) is 5. The molecule has 0 radical (unpaired) electrons. The van der Waals surface area contributed by atoms with E-state index < -0.39 is 0 Å². The van der Waals surface area contributed by atoms with Gasteiger partial charge in [0.15, 0.2) is 12.4 Å². The molecule has 1 heterocycles. The van der Waals surface area contributed by atoms with Gasteiger partial charge in [0.05, 0.1) is 12.3 Å². The number of rotatable bonds is 11. The number of carbonyl (C=O) groups is 1. The molecule has 8 nitrogen and oxygen atoms in total. The van der Waals surface area contributed by atoms with Crippen LogP contribution >= 0.6 is 11.6 Å². The van der Waals surface area contributed by atoms with Crippen molar-refractivity contribution in [2.45, 2.75) is 39.3 Å². The number of unbranched alkanes of at least 4 members (excludes halogenated alkanes) is 3. The molecule has 0 spiro atoms. The van der Waals surface area contributed by atoms with Crippen molar-refractivity contribution in [1.29, 1.82) is 5.26 Å². The molecule has 9 heteroatoms. The molecule has 31 heavy (non-hydrogen) atoms. The molecule has 2 rings (SSSR count). The van der Waals surface area contributed by atoms with Gasteiger partial charge in [-0.3, -0.25) is 4.79 Å². The van der Waals surface area contributed by atoms with E-state index in [0.717, 1.165) is 37.1 Å². The van der Waals surface area contributed by atoms with Gasteiger partial charge in [-0.15, -0.1) is 4.99 Å². The number of nitrogens with two attached hydrogens (primary N) is 1. The Balaban J connectivity index is 1.79. The van der Waals surface area contributed by atoms with Gasteiger partial charge in [-0.2, -0.15) is 9.83 Å². The second-order valence-electron chi connectivity index (χ2n) is 6.77. The van der Waals surface area contributed by atoms with Crippen molar-refractivity contribution >= 4 is 29.2 Å². The number of aromatic nitrogens is 1. The molecule has 164 valence electrons. The topological polar surface area (TPSA) is 105 Å². The zero-order valence-electron chi connectivity index (χ0n) is 17.5. The molecule has 0 bridgehead atoms. The largest absolute Gasteiger partial charge is 0.494 e. The summed E-state index contributed by atoms with van der Waals surface area (Å²) in [6.45, 7) is 2.77. The quantitative estimate of drug-likeness (QED) is 0.142. The average Bonchev–Trinajstić information content (AvgIpc) is 2.76. The summed E-state index contributed by atoms with van der Waals surface area (Å²) in [6, 6.07) is 11.0. The lowest BCUT2D eigenvalue weighted by molar-refractivity contribution is -0.727. The number of anilines is 1. The molecular formula is C22H27ClN5O3+. The Morgan fingerprint density at radius 3 is 2.48 bits per heavy atom. The molecule has 0 aliphatic heterocycles. The third-order valence-electron chi connectivity index (χ3n) is 4.40. The fourth-order valence-electron chi connectivity index (χ4n) is 2.81. The van der Waals surface area contributed by atoms with Crippen molar-refractivity contribution in [1.82, 2.24) is 0 Å². The van der Waals surface area contributed by atoms with Gasteiger partial charge < -0.3 is 20.1 Å². The van der Waals surface area contributed by atoms with Crippen molar-refractivity contribution in [3.05, 3.63) is 53.8 Å². The van der Waals surface area contributed by atoms with Gasteiger partial charge >= 0.3 is 5.97 Å². The van der Waals surface area contributed by atoms with Crippen LogP contribution in [0.5, 0.6) is 5.75 Å². The van der Waals surface area contributed by atoms with Gasteiger partial charge in [0.1, 0.15) is 5.75 Å². The number of aliphatic imine (C=N–C) groups is 1. The number of pyridine rings is 1. The van der Waals surface area contributed by atoms with E-state index >= 15 is 0 Å². The fraction of sp³-hybridized carbons (Fsp3) is 0.364. The maximum Gasteiger partial charge on any atom is 0.307 e. The Labute approximate surface area is 187 Å². The van der Waals surface area contributed by atoms with Gasteiger partial charge in [-0.1, -0.05) is 24.4 Å². The summed E-state index contributed by atoms with van der Waals surface area (Å²) in [5.41, 5.74) is 6.79. The molecule has 0 aliphatic rings. The van der Waals surface area contributed by atoms with E-state index in [2.05, 4.69) is 4.99 Å². The molecule has 1 aromatic heterocycles. The Morgan fingerprint density at radius 2 is 1.84 bits per heavy atom. The van der Waals surface area contributed by atoms with Crippen LogP contribution in [-0.2, 0) is 16.3 Å². The number of guanidine groups is 1. The summed E-state index contributed by atoms with van der Waals surface area (Å²) in [5, 5.41) is 9.55. The van der Waals surface area contributed by atoms with Crippen LogP contribution in [-0.4, -0.2) is 25.1 Å². The first-order valence-corrected chi connectivity index (χ1v) is 10.4. The monoisotopic (exact) mass is 444 g/mol. The standard InChI is InChI=1S/C22H27ClN5O3/c1-18(29)31-17-27-13-10-20(11-14-27)28(22(25)26-16-24)12-4-2-3-5-15-30-21-8-6-19(23)7-9-21/h6-11,13-14H,2-5,12,15,17H2,1H3,(H2,25,26)/q+1. The molecule has 2 aromatic rings. The van der Waals surface area contributed by atoms with E-state index in [9.17, 15) is 4.79 Å². The summed E-state index contributed by atoms with van der Waals surface area (Å²) in [7, 11) is 0. The first kappa shape index (κ1) is 24.0. The van der Waals surface area contributed by atoms with Gasteiger partial charge in [0.25, 0.3) is 6.73 Å². The second-order valence-corrected chi connectivity index (χ2v) is 7.21. The highest BCUT2D eigenvalue weighted by Crippen LogP contribution is 2.16. The summed E-state index contributed by atoms with van der Waals surface area (Å²) < 4.78 is 12.4. The summed E-state index contributed by atoms with van der Waals surface area (Å²) in [4.78, 5) is 16.4. The predicted octanol–water partition coefficient (Wildman–Crippen LogP) is 3.39. The van der Waals surface area contributed by atoms with Crippen molar-refractivity contribution in [3.8, 4) is 11.9 Å². The highest BCUT2D eigenvalue weighted by Gasteiger charge is 2.13. The number of carbonyl (C=O) groups excluding carboxylic acids is 1. The molecule has 0 saturated heterocycles. The highest BCUT2D eigenvalue weighted by molar-refractivity contribution is 6.30. The van der Waals surface area contributed by atoms with Crippen LogP contribution in [0.2, 0.25) is 5.02 Å². The van der Waals surface area contributed by atoms with Gasteiger partial charge in [0.2, 0.25) is 12.2 Å². The van der Waals surface area contributed by atoms with E-state index in [1.807, 2.05) is 24.3 Å². The van der Waals surface area contributed by atoms with E-state index in [-0.39, 0.29) is 18.7 Å². The maximum absolute atomic E-state index is 10.9. The Kier molecular flexibility index (Phi) is 10.1. The predicted molar refractivity (Wildman–Crippen MR) is 118 cm³/mol. The minimum absolute atomic E-state index is 0.134. The Hall–Kier alpha value is -3.31. The maximum atomic E-state index is 10.9. The molecule has 0 unspecified atom stereocenters. The van der Waals surface area contributed by atoms with Crippen molar-refractivity contribution < 1.29 is 18.8 Å². The molecule has 0 fully saturated rings. The van der Waals surface area contributed by atoms with E-state index in [0.29, 0.717) is 18.2 Å². The van der Waals surface area contributed by atoms with Crippen LogP contribution in [0.1, 0.15) is 32.6 Å².